The normalized spacial score (nSPS) is 22.0. The van der Waals surface area contributed by atoms with Gasteiger partial charge in [0.1, 0.15) is 11.3 Å². The molecule has 0 saturated carbocycles. The Hall–Kier alpha value is -1.56. The van der Waals surface area contributed by atoms with Crippen LogP contribution in [0, 0.1) is 0 Å². The van der Waals surface area contributed by atoms with Crippen molar-refractivity contribution >= 4 is 27.8 Å². The van der Waals surface area contributed by atoms with Crippen molar-refractivity contribution in [3.05, 3.63) is 28.2 Å². The summed E-state index contributed by atoms with van der Waals surface area (Å²) >= 11 is 3.35. The molecule has 5 nitrogen and oxygen atoms in total. The number of piperidine rings is 1. The topological polar surface area (TPSA) is 66.8 Å². The number of aliphatic carboxylic acids is 1. The van der Waals surface area contributed by atoms with Crippen LogP contribution in [0.5, 0.6) is 5.75 Å². The highest BCUT2D eigenvalue weighted by atomic mass is 79.9. The first kappa shape index (κ1) is 15.8. The molecule has 1 fully saturated rings. The molecule has 114 valence electrons. The predicted molar refractivity (Wildman–Crippen MR) is 81.6 cm³/mol. The molecule has 1 heterocycles. The molecule has 0 spiro atoms. The van der Waals surface area contributed by atoms with E-state index in [-0.39, 0.29) is 5.91 Å². The number of halogens is 1. The van der Waals surface area contributed by atoms with Gasteiger partial charge in [0.15, 0.2) is 0 Å². The molecular weight excluding hydrogens is 338 g/mol. The van der Waals surface area contributed by atoms with Crippen LogP contribution in [-0.2, 0) is 4.79 Å². The average Bonchev–Trinajstić information content (AvgIpc) is 2.46. The minimum absolute atomic E-state index is 0.261. The molecule has 1 amide bonds. The van der Waals surface area contributed by atoms with Crippen LogP contribution >= 0.6 is 15.9 Å². The van der Waals surface area contributed by atoms with Crippen molar-refractivity contribution in [2.75, 3.05) is 13.7 Å². The Balaban J connectivity index is 2.33. The minimum Gasteiger partial charge on any atom is -0.496 e. The number of hydrogen-bond acceptors (Lipinski definition) is 3. The number of carbonyl (C=O) groups is 2. The minimum atomic E-state index is -1.14. The van der Waals surface area contributed by atoms with Crippen LogP contribution in [0.25, 0.3) is 0 Å². The lowest BCUT2D eigenvalue weighted by atomic mass is 9.88. The van der Waals surface area contributed by atoms with Crippen molar-refractivity contribution in [2.45, 2.75) is 31.7 Å². The summed E-state index contributed by atoms with van der Waals surface area (Å²) in [6.45, 7) is 2.08. The fourth-order valence-corrected chi connectivity index (χ4v) is 3.16. The Morgan fingerprint density at radius 1 is 1.38 bits per heavy atom. The molecule has 0 bridgehead atoms. The third kappa shape index (κ3) is 2.90. The molecule has 1 aliphatic rings. The maximum atomic E-state index is 12.7. The maximum absolute atomic E-state index is 12.7. The smallest absolute Gasteiger partial charge is 0.329 e. The van der Waals surface area contributed by atoms with Gasteiger partial charge in [0.25, 0.3) is 5.91 Å². The Labute approximate surface area is 132 Å². The van der Waals surface area contributed by atoms with Gasteiger partial charge in [-0.3, -0.25) is 4.79 Å². The van der Waals surface area contributed by atoms with Crippen LogP contribution in [0.15, 0.2) is 22.7 Å². The highest BCUT2D eigenvalue weighted by molar-refractivity contribution is 9.10. The molecule has 0 radical (unpaired) electrons. The molecule has 1 aliphatic heterocycles. The number of nitrogens with zero attached hydrogens (tertiary/aromatic N) is 1. The van der Waals surface area contributed by atoms with Crippen molar-refractivity contribution in [2.24, 2.45) is 0 Å². The number of carboxylic acid groups (broad SMARTS) is 1. The monoisotopic (exact) mass is 355 g/mol. The zero-order chi connectivity index (χ0) is 15.6. The van der Waals surface area contributed by atoms with E-state index in [1.165, 1.54) is 4.90 Å². The number of carbonyl (C=O) groups excluding carboxylic acids is 1. The molecular formula is C15H18BrNO4. The summed E-state index contributed by atoms with van der Waals surface area (Å²) in [6.07, 6.45) is 2.12. The van der Waals surface area contributed by atoms with Crippen LogP contribution in [0.4, 0.5) is 0 Å². The van der Waals surface area contributed by atoms with Gasteiger partial charge in [-0.15, -0.1) is 0 Å². The summed E-state index contributed by atoms with van der Waals surface area (Å²) < 4.78 is 5.81. The van der Waals surface area contributed by atoms with Crippen molar-refractivity contribution in [1.82, 2.24) is 4.90 Å². The summed E-state index contributed by atoms with van der Waals surface area (Å²) in [5, 5.41) is 9.48. The molecule has 21 heavy (non-hydrogen) atoms. The second-order valence-corrected chi connectivity index (χ2v) is 6.20. The first-order valence-electron chi connectivity index (χ1n) is 6.79. The van der Waals surface area contributed by atoms with Crippen molar-refractivity contribution in [1.29, 1.82) is 0 Å². The average molecular weight is 356 g/mol. The summed E-state index contributed by atoms with van der Waals surface area (Å²) in [6, 6.07) is 5.01. The zero-order valence-electron chi connectivity index (χ0n) is 12.1. The van der Waals surface area contributed by atoms with Crippen LogP contribution < -0.4 is 4.74 Å². The van der Waals surface area contributed by atoms with Gasteiger partial charge in [0.2, 0.25) is 0 Å². The van der Waals surface area contributed by atoms with E-state index in [1.807, 2.05) is 0 Å². The lowest BCUT2D eigenvalue weighted by molar-refractivity contribution is -0.150. The fraction of sp³-hybridized carbons (Fsp3) is 0.467. The zero-order valence-corrected chi connectivity index (χ0v) is 13.6. The number of likely N-dealkylation sites (tertiary alicyclic amines) is 1. The molecule has 1 atom stereocenters. The van der Waals surface area contributed by atoms with Crippen molar-refractivity contribution in [3.8, 4) is 5.75 Å². The van der Waals surface area contributed by atoms with Gasteiger partial charge in [-0.25, -0.2) is 4.79 Å². The number of carboxylic acids is 1. The van der Waals surface area contributed by atoms with Gasteiger partial charge >= 0.3 is 5.97 Å². The second kappa shape index (κ2) is 6.05. The van der Waals surface area contributed by atoms with Gasteiger partial charge in [-0.2, -0.15) is 0 Å². The first-order valence-corrected chi connectivity index (χ1v) is 7.58. The summed E-state index contributed by atoms with van der Waals surface area (Å²) in [4.78, 5) is 25.7. The number of hydrogen-bond donors (Lipinski definition) is 1. The molecule has 6 heteroatoms. The van der Waals surface area contributed by atoms with E-state index in [0.29, 0.717) is 28.8 Å². The van der Waals surface area contributed by atoms with E-state index in [0.717, 1.165) is 12.8 Å². The molecule has 0 aromatic heterocycles. The molecule has 1 aromatic carbocycles. The Bertz CT molecular complexity index is 575. The van der Waals surface area contributed by atoms with Gasteiger partial charge in [0.05, 0.1) is 11.6 Å². The van der Waals surface area contributed by atoms with E-state index in [2.05, 4.69) is 15.9 Å². The lowest BCUT2D eigenvalue weighted by Crippen LogP contribution is -2.57. The number of ether oxygens (including phenoxy) is 1. The highest BCUT2D eigenvalue weighted by Gasteiger charge is 2.44. The largest absolute Gasteiger partial charge is 0.496 e. The predicted octanol–water partition coefficient (Wildman–Crippen LogP) is 2.93. The number of benzene rings is 1. The Morgan fingerprint density at radius 3 is 2.67 bits per heavy atom. The van der Waals surface area contributed by atoms with Crippen LogP contribution in [0.3, 0.4) is 0 Å². The van der Waals surface area contributed by atoms with E-state index in [9.17, 15) is 14.7 Å². The van der Waals surface area contributed by atoms with Crippen LogP contribution in [0.1, 0.15) is 36.5 Å². The Kier molecular flexibility index (Phi) is 4.56. The van der Waals surface area contributed by atoms with E-state index >= 15 is 0 Å². The first-order chi connectivity index (χ1) is 9.90. The van der Waals surface area contributed by atoms with Crippen molar-refractivity contribution in [3.63, 3.8) is 0 Å². The number of methoxy groups -OCH3 is 1. The van der Waals surface area contributed by atoms with Gasteiger partial charge in [0, 0.05) is 12.1 Å². The second-order valence-electron chi connectivity index (χ2n) is 5.34. The van der Waals surface area contributed by atoms with Crippen LogP contribution in [0.2, 0.25) is 0 Å². The Morgan fingerprint density at radius 2 is 2.10 bits per heavy atom. The van der Waals surface area contributed by atoms with E-state index in [4.69, 9.17) is 4.74 Å². The molecule has 1 N–H and O–H groups in total. The van der Waals surface area contributed by atoms with Gasteiger partial charge in [-0.05, 0) is 60.3 Å². The standard InChI is InChI=1S/C15H18BrNO4/c1-15(14(19)20)7-3-4-8-17(15)13(18)10-5-6-12(21-2)11(16)9-10/h5-6,9H,3-4,7-8H2,1-2H3,(H,19,20). The third-order valence-corrected chi connectivity index (χ3v) is 4.62. The quantitative estimate of drug-likeness (QED) is 0.904. The van der Waals surface area contributed by atoms with Gasteiger partial charge in [-0.1, -0.05) is 0 Å². The SMILES string of the molecule is COc1ccc(C(=O)N2CCCCC2(C)C(=O)O)cc1Br. The number of amides is 1. The highest BCUT2D eigenvalue weighted by Crippen LogP contribution is 2.31. The number of rotatable bonds is 3. The van der Waals surface area contributed by atoms with Crippen LogP contribution in [-0.4, -0.2) is 41.1 Å². The summed E-state index contributed by atoms with van der Waals surface area (Å²) in [7, 11) is 1.55. The maximum Gasteiger partial charge on any atom is 0.329 e. The summed E-state index contributed by atoms with van der Waals surface area (Å²) in [5.41, 5.74) is -0.682. The molecule has 1 aromatic rings. The lowest BCUT2D eigenvalue weighted by Gasteiger charge is -2.41. The molecule has 1 saturated heterocycles. The molecule has 0 aliphatic carbocycles. The third-order valence-electron chi connectivity index (χ3n) is 4.00. The van der Waals surface area contributed by atoms with E-state index < -0.39 is 11.5 Å². The van der Waals surface area contributed by atoms with Crippen molar-refractivity contribution < 1.29 is 19.4 Å². The summed E-state index contributed by atoms with van der Waals surface area (Å²) in [5.74, 6) is -0.586. The fourth-order valence-electron chi connectivity index (χ4n) is 2.62. The van der Waals surface area contributed by atoms with E-state index in [1.54, 1.807) is 32.2 Å². The van der Waals surface area contributed by atoms with Gasteiger partial charge < -0.3 is 14.7 Å². The molecule has 1 unspecified atom stereocenters. The molecule has 2 rings (SSSR count).